The lowest BCUT2D eigenvalue weighted by Crippen LogP contribution is -2.28. The molecular weight excluding hydrogens is 259 g/mol. The maximum atomic E-state index is 12.7. The molecule has 0 amide bonds. The molecule has 1 aromatic rings. The van der Waals surface area contributed by atoms with Crippen molar-refractivity contribution in [2.45, 2.75) is 42.5 Å². The Morgan fingerprint density at radius 2 is 1.72 bits per heavy atom. The third kappa shape index (κ3) is 4.53. The van der Waals surface area contributed by atoms with Crippen molar-refractivity contribution in [2.24, 2.45) is 5.73 Å². The van der Waals surface area contributed by atoms with E-state index in [1.54, 1.807) is 12.1 Å². The Kier molecular flexibility index (Phi) is 5.53. The predicted octanol–water partition coefficient (Wildman–Crippen LogP) is 4.18. The van der Waals surface area contributed by atoms with Crippen molar-refractivity contribution in [3.8, 4) is 0 Å². The normalized spacial score (nSPS) is 13.9. The molecule has 2 N–H and O–H groups in total. The van der Waals surface area contributed by atoms with Gasteiger partial charge in [-0.2, -0.15) is 13.2 Å². The summed E-state index contributed by atoms with van der Waals surface area (Å²) in [6.07, 6.45) is -4.26. The van der Waals surface area contributed by atoms with Crippen LogP contribution in [0.15, 0.2) is 29.2 Å². The first-order chi connectivity index (χ1) is 8.34. The molecule has 0 saturated carbocycles. The summed E-state index contributed by atoms with van der Waals surface area (Å²) in [4.78, 5) is 0.634. The number of alkyl halides is 3. The Hall–Kier alpha value is -0.680. The highest BCUT2D eigenvalue weighted by Crippen LogP contribution is 2.37. The van der Waals surface area contributed by atoms with Crippen LogP contribution in [0.5, 0.6) is 0 Å². The molecule has 0 aliphatic heterocycles. The first-order valence-electron chi connectivity index (χ1n) is 5.88. The van der Waals surface area contributed by atoms with Crippen LogP contribution >= 0.6 is 11.8 Å². The number of hydrogen-bond donors (Lipinski definition) is 1. The third-order valence-electron chi connectivity index (χ3n) is 2.62. The van der Waals surface area contributed by atoms with Gasteiger partial charge in [-0.15, -0.1) is 11.8 Å². The fourth-order valence-corrected chi connectivity index (χ4v) is 2.55. The van der Waals surface area contributed by atoms with E-state index in [1.807, 2.05) is 12.1 Å². The fourth-order valence-electron chi connectivity index (χ4n) is 1.54. The summed E-state index contributed by atoms with van der Waals surface area (Å²) in [7, 11) is 0. The SMILES string of the molecule is CC(C)c1ccc(SC(CCN)C(F)(F)F)cc1. The minimum absolute atomic E-state index is 0.0429. The second-order valence-electron chi connectivity index (χ2n) is 4.45. The van der Waals surface area contributed by atoms with Gasteiger partial charge < -0.3 is 5.73 Å². The molecule has 5 heteroatoms. The highest BCUT2D eigenvalue weighted by molar-refractivity contribution is 8.00. The zero-order valence-corrected chi connectivity index (χ0v) is 11.3. The lowest BCUT2D eigenvalue weighted by atomic mass is 10.0. The smallest absolute Gasteiger partial charge is 0.330 e. The molecule has 0 saturated heterocycles. The second kappa shape index (κ2) is 6.48. The lowest BCUT2D eigenvalue weighted by Gasteiger charge is -2.19. The van der Waals surface area contributed by atoms with E-state index in [2.05, 4.69) is 13.8 Å². The van der Waals surface area contributed by atoms with Crippen molar-refractivity contribution >= 4 is 11.8 Å². The van der Waals surface area contributed by atoms with Gasteiger partial charge in [-0.25, -0.2) is 0 Å². The average Bonchev–Trinajstić information content (AvgIpc) is 2.28. The zero-order chi connectivity index (χ0) is 13.8. The summed E-state index contributed by atoms with van der Waals surface area (Å²) in [6.45, 7) is 4.14. The van der Waals surface area contributed by atoms with Crippen molar-refractivity contribution < 1.29 is 13.2 Å². The molecule has 0 radical (unpaired) electrons. The monoisotopic (exact) mass is 277 g/mol. The number of thioether (sulfide) groups is 1. The average molecular weight is 277 g/mol. The van der Waals surface area contributed by atoms with E-state index in [1.165, 1.54) is 0 Å². The van der Waals surface area contributed by atoms with Crippen LogP contribution in [0.4, 0.5) is 13.2 Å². The molecule has 0 aliphatic rings. The van der Waals surface area contributed by atoms with E-state index in [4.69, 9.17) is 5.73 Å². The van der Waals surface area contributed by atoms with Crippen LogP contribution in [-0.4, -0.2) is 18.0 Å². The Labute approximate surface area is 110 Å². The van der Waals surface area contributed by atoms with Crippen LogP contribution in [0, 0.1) is 0 Å². The summed E-state index contributed by atoms with van der Waals surface area (Å²) < 4.78 is 38.2. The van der Waals surface area contributed by atoms with Crippen LogP contribution < -0.4 is 5.73 Å². The molecule has 0 aromatic heterocycles. The second-order valence-corrected chi connectivity index (χ2v) is 5.73. The molecule has 102 valence electrons. The molecule has 0 heterocycles. The van der Waals surface area contributed by atoms with Gasteiger partial charge in [-0.1, -0.05) is 26.0 Å². The van der Waals surface area contributed by atoms with E-state index < -0.39 is 11.4 Å². The maximum Gasteiger partial charge on any atom is 0.400 e. The minimum Gasteiger partial charge on any atom is -0.330 e. The van der Waals surface area contributed by atoms with Crippen molar-refractivity contribution in [3.63, 3.8) is 0 Å². The summed E-state index contributed by atoms with van der Waals surface area (Å²) in [5.74, 6) is 0.381. The van der Waals surface area contributed by atoms with Crippen molar-refractivity contribution in [1.29, 1.82) is 0 Å². The van der Waals surface area contributed by atoms with Gasteiger partial charge in [0.25, 0.3) is 0 Å². The highest BCUT2D eigenvalue weighted by atomic mass is 32.2. The van der Waals surface area contributed by atoms with Gasteiger partial charge >= 0.3 is 6.18 Å². The number of nitrogens with two attached hydrogens (primary N) is 1. The Bertz CT molecular complexity index is 359. The lowest BCUT2D eigenvalue weighted by molar-refractivity contribution is -0.129. The van der Waals surface area contributed by atoms with E-state index in [9.17, 15) is 13.2 Å². The van der Waals surface area contributed by atoms with Gasteiger partial charge in [-0.05, 0) is 36.6 Å². The molecule has 0 fully saturated rings. The fraction of sp³-hybridized carbons (Fsp3) is 0.538. The third-order valence-corrected chi connectivity index (χ3v) is 3.95. The van der Waals surface area contributed by atoms with Gasteiger partial charge in [0.1, 0.15) is 5.25 Å². The molecule has 1 rings (SSSR count). The highest BCUT2D eigenvalue weighted by Gasteiger charge is 2.39. The van der Waals surface area contributed by atoms with Gasteiger partial charge in [0.15, 0.2) is 0 Å². The van der Waals surface area contributed by atoms with Crippen LogP contribution in [-0.2, 0) is 0 Å². The molecule has 0 aliphatic carbocycles. The summed E-state index contributed by atoms with van der Waals surface area (Å²) in [5, 5.41) is -1.42. The Morgan fingerprint density at radius 3 is 2.11 bits per heavy atom. The van der Waals surface area contributed by atoms with E-state index >= 15 is 0 Å². The van der Waals surface area contributed by atoms with E-state index in [0.717, 1.165) is 17.3 Å². The largest absolute Gasteiger partial charge is 0.400 e. The number of rotatable bonds is 5. The Balaban J connectivity index is 2.75. The molecule has 1 aromatic carbocycles. The van der Waals surface area contributed by atoms with Gasteiger partial charge in [-0.3, -0.25) is 0 Å². The molecule has 0 spiro atoms. The molecule has 1 unspecified atom stereocenters. The summed E-state index contributed by atoms with van der Waals surface area (Å²) in [5.41, 5.74) is 6.36. The first kappa shape index (κ1) is 15.4. The first-order valence-corrected chi connectivity index (χ1v) is 6.76. The summed E-state index contributed by atoms with van der Waals surface area (Å²) in [6, 6.07) is 7.25. The van der Waals surface area contributed by atoms with Crippen LogP contribution in [0.25, 0.3) is 0 Å². The molecule has 0 bridgehead atoms. The molecule has 1 atom stereocenters. The minimum atomic E-state index is -4.21. The topological polar surface area (TPSA) is 26.0 Å². The van der Waals surface area contributed by atoms with Gasteiger partial charge in [0.05, 0.1) is 0 Å². The predicted molar refractivity (Wildman–Crippen MR) is 69.9 cm³/mol. The van der Waals surface area contributed by atoms with Crippen LogP contribution in [0.1, 0.15) is 31.7 Å². The quantitative estimate of drug-likeness (QED) is 0.817. The zero-order valence-electron chi connectivity index (χ0n) is 10.5. The standard InChI is InChI=1S/C13H18F3NS/c1-9(2)10-3-5-11(6-4-10)18-12(7-8-17)13(14,15)16/h3-6,9,12H,7-8,17H2,1-2H3. The van der Waals surface area contributed by atoms with Crippen LogP contribution in [0.3, 0.4) is 0 Å². The van der Waals surface area contributed by atoms with E-state index in [-0.39, 0.29) is 13.0 Å². The molecule has 1 nitrogen and oxygen atoms in total. The molecule has 18 heavy (non-hydrogen) atoms. The van der Waals surface area contributed by atoms with Crippen molar-refractivity contribution in [1.82, 2.24) is 0 Å². The summed E-state index contributed by atoms with van der Waals surface area (Å²) >= 11 is 0.836. The van der Waals surface area contributed by atoms with Gasteiger partial charge in [0.2, 0.25) is 0 Å². The van der Waals surface area contributed by atoms with Crippen molar-refractivity contribution in [2.75, 3.05) is 6.54 Å². The van der Waals surface area contributed by atoms with Crippen molar-refractivity contribution in [3.05, 3.63) is 29.8 Å². The number of benzene rings is 1. The molecular formula is C13H18F3NS. The van der Waals surface area contributed by atoms with Gasteiger partial charge in [0, 0.05) is 4.90 Å². The van der Waals surface area contributed by atoms with E-state index in [0.29, 0.717) is 10.8 Å². The van der Waals surface area contributed by atoms with Crippen LogP contribution in [0.2, 0.25) is 0 Å². The number of hydrogen-bond acceptors (Lipinski definition) is 2. The number of halogens is 3. The maximum absolute atomic E-state index is 12.7. The Morgan fingerprint density at radius 1 is 1.17 bits per heavy atom.